The quantitative estimate of drug-likeness (QED) is 0.811. The molecule has 2 N–H and O–H groups in total. The minimum absolute atomic E-state index is 0.0639. The first-order valence-corrected chi connectivity index (χ1v) is 6.61. The van der Waals surface area contributed by atoms with Crippen LogP contribution in [0.1, 0.15) is 30.5 Å². The van der Waals surface area contributed by atoms with Crippen LogP contribution in [0.3, 0.4) is 0 Å². The van der Waals surface area contributed by atoms with E-state index in [0.29, 0.717) is 6.61 Å². The molecule has 0 fully saturated rings. The number of aromatic nitrogens is 2. The predicted octanol–water partition coefficient (Wildman–Crippen LogP) is 2.68. The summed E-state index contributed by atoms with van der Waals surface area (Å²) in [5, 5.41) is 0. The summed E-state index contributed by atoms with van der Waals surface area (Å²) >= 11 is 0. The highest BCUT2D eigenvalue weighted by atomic mass is 16.5. The van der Waals surface area contributed by atoms with Gasteiger partial charge in [-0.3, -0.25) is 0 Å². The normalized spacial score (nSPS) is 12.4. The van der Waals surface area contributed by atoms with Gasteiger partial charge in [0.05, 0.1) is 12.9 Å². The molecular weight excluding hydrogens is 238 g/mol. The molecule has 0 bridgehead atoms. The molecule has 1 aromatic heterocycles. The molecular formula is C15H21N3O. The number of rotatable bonds is 6. The second-order valence-corrected chi connectivity index (χ2v) is 4.82. The molecule has 4 nitrogen and oxygen atoms in total. The van der Waals surface area contributed by atoms with E-state index in [1.807, 2.05) is 31.6 Å². The van der Waals surface area contributed by atoms with Crippen molar-refractivity contribution in [3.8, 4) is 5.75 Å². The lowest BCUT2D eigenvalue weighted by molar-refractivity contribution is 0.300. The Morgan fingerprint density at radius 1 is 1.42 bits per heavy atom. The molecule has 19 heavy (non-hydrogen) atoms. The highest BCUT2D eigenvalue weighted by Crippen LogP contribution is 2.21. The van der Waals surface area contributed by atoms with Crippen molar-refractivity contribution in [2.45, 2.75) is 32.9 Å². The Bertz CT molecular complexity index is 506. The molecule has 0 amide bonds. The Kier molecular flexibility index (Phi) is 4.58. The molecule has 2 aromatic rings. The average molecular weight is 259 g/mol. The topological polar surface area (TPSA) is 53.1 Å². The molecule has 0 aliphatic carbocycles. The molecule has 2 rings (SSSR count). The molecule has 102 valence electrons. The van der Waals surface area contributed by atoms with Crippen molar-refractivity contribution >= 4 is 0 Å². The lowest BCUT2D eigenvalue weighted by Crippen LogP contribution is -2.07. The standard InChI is InChI=1S/C15H21N3O/c1-12-10-14(13(2)16)4-5-15(12)19-9-3-7-18-8-6-17-11-18/h4-6,8,10-11,13H,3,7,9,16H2,1-2H3. The lowest BCUT2D eigenvalue weighted by atomic mass is 10.1. The summed E-state index contributed by atoms with van der Waals surface area (Å²) in [5.74, 6) is 0.940. The van der Waals surface area contributed by atoms with E-state index in [4.69, 9.17) is 10.5 Å². The first kappa shape index (κ1) is 13.6. The molecule has 0 aliphatic heterocycles. The van der Waals surface area contributed by atoms with Crippen molar-refractivity contribution in [1.29, 1.82) is 0 Å². The van der Waals surface area contributed by atoms with E-state index in [1.165, 1.54) is 0 Å². The number of ether oxygens (including phenoxy) is 1. The van der Waals surface area contributed by atoms with E-state index >= 15 is 0 Å². The molecule has 1 aromatic carbocycles. The molecule has 0 spiro atoms. The van der Waals surface area contributed by atoms with Gasteiger partial charge in [0.25, 0.3) is 0 Å². The molecule has 0 saturated heterocycles. The molecule has 0 aliphatic rings. The number of nitrogens with zero attached hydrogens (tertiary/aromatic N) is 2. The van der Waals surface area contributed by atoms with Crippen molar-refractivity contribution in [2.24, 2.45) is 5.73 Å². The Morgan fingerprint density at radius 3 is 2.89 bits per heavy atom. The van der Waals surface area contributed by atoms with Gasteiger partial charge in [-0.05, 0) is 37.5 Å². The zero-order valence-electron chi connectivity index (χ0n) is 11.5. The van der Waals surface area contributed by atoms with Crippen LogP contribution in [0, 0.1) is 6.92 Å². The maximum absolute atomic E-state index is 5.86. The summed E-state index contributed by atoms with van der Waals surface area (Å²) in [6, 6.07) is 6.19. The first-order valence-electron chi connectivity index (χ1n) is 6.61. The minimum atomic E-state index is 0.0639. The first-order chi connectivity index (χ1) is 9.16. The Morgan fingerprint density at radius 2 is 2.26 bits per heavy atom. The number of benzene rings is 1. The second kappa shape index (κ2) is 6.38. The largest absolute Gasteiger partial charge is 0.493 e. The van der Waals surface area contributed by atoms with Crippen molar-refractivity contribution in [3.05, 3.63) is 48.0 Å². The van der Waals surface area contributed by atoms with Crippen molar-refractivity contribution in [3.63, 3.8) is 0 Å². The van der Waals surface area contributed by atoms with Crippen molar-refractivity contribution in [2.75, 3.05) is 6.61 Å². The smallest absolute Gasteiger partial charge is 0.122 e. The van der Waals surface area contributed by atoms with Crippen molar-refractivity contribution in [1.82, 2.24) is 9.55 Å². The van der Waals surface area contributed by atoms with E-state index < -0.39 is 0 Å². The molecule has 4 heteroatoms. The number of imidazole rings is 1. The van der Waals surface area contributed by atoms with Crippen LogP contribution in [0.25, 0.3) is 0 Å². The van der Waals surface area contributed by atoms with Gasteiger partial charge in [-0.2, -0.15) is 0 Å². The SMILES string of the molecule is Cc1cc(C(C)N)ccc1OCCCn1ccnc1. The summed E-state index contributed by atoms with van der Waals surface area (Å²) in [4.78, 5) is 4.01. The van der Waals surface area contributed by atoms with E-state index in [9.17, 15) is 0 Å². The molecule has 0 saturated carbocycles. The van der Waals surface area contributed by atoms with Gasteiger partial charge in [0, 0.05) is 25.0 Å². The van der Waals surface area contributed by atoms with Gasteiger partial charge in [0.15, 0.2) is 0 Å². The van der Waals surface area contributed by atoms with E-state index in [-0.39, 0.29) is 6.04 Å². The van der Waals surface area contributed by atoms with E-state index in [1.54, 1.807) is 6.20 Å². The lowest BCUT2D eigenvalue weighted by Gasteiger charge is -2.12. The van der Waals surface area contributed by atoms with Crippen LogP contribution in [0.4, 0.5) is 0 Å². The fourth-order valence-electron chi connectivity index (χ4n) is 1.97. The molecule has 1 unspecified atom stereocenters. The number of aryl methyl sites for hydroxylation is 2. The predicted molar refractivity (Wildman–Crippen MR) is 76.1 cm³/mol. The van der Waals surface area contributed by atoms with Gasteiger partial charge in [0.1, 0.15) is 5.75 Å². The fourth-order valence-corrected chi connectivity index (χ4v) is 1.97. The third-order valence-corrected chi connectivity index (χ3v) is 3.10. The van der Waals surface area contributed by atoms with Gasteiger partial charge >= 0.3 is 0 Å². The number of hydrogen-bond donors (Lipinski definition) is 1. The summed E-state index contributed by atoms with van der Waals surface area (Å²) in [5.41, 5.74) is 8.14. The Balaban J connectivity index is 1.82. The van der Waals surface area contributed by atoms with Crippen LogP contribution >= 0.6 is 0 Å². The van der Waals surface area contributed by atoms with Crippen LogP contribution in [-0.2, 0) is 6.54 Å². The van der Waals surface area contributed by atoms with Gasteiger partial charge in [0.2, 0.25) is 0 Å². The summed E-state index contributed by atoms with van der Waals surface area (Å²) in [6.07, 6.45) is 6.54. The number of hydrogen-bond acceptors (Lipinski definition) is 3. The van der Waals surface area contributed by atoms with Gasteiger partial charge < -0.3 is 15.0 Å². The van der Waals surface area contributed by atoms with Crippen LogP contribution < -0.4 is 10.5 Å². The van der Waals surface area contributed by atoms with Gasteiger partial charge in [-0.1, -0.05) is 12.1 Å². The molecule has 1 heterocycles. The highest BCUT2D eigenvalue weighted by molar-refractivity contribution is 5.37. The summed E-state index contributed by atoms with van der Waals surface area (Å²) in [6.45, 7) is 5.67. The van der Waals surface area contributed by atoms with Crippen LogP contribution in [0.2, 0.25) is 0 Å². The molecule has 0 radical (unpaired) electrons. The molecule has 1 atom stereocenters. The minimum Gasteiger partial charge on any atom is -0.493 e. The zero-order valence-corrected chi connectivity index (χ0v) is 11.5. The third kappa shape index (κ3) is 3.83. The monoisotopic (exact) mass is 259 g/mol. The highest BCUT2D eigenvalue weighted by Gasteiger charge is 2.04. The summed E-state index contributed by atoms with van der Waals surface area (Å²) in [7, 11) is 0. The zero-order chi connectivity index (χ0) is 13.7. The number of nitrogens with two attached hydrogens (primary N) is 1. The second-order valence-electron chi connectivity index (χ2n) is 4.82. The van der Waals surface area contributed by atoms with Crippen LogP contribution in [0.5, 0.6) is 5.75 Å². The van der Waals surface area contributed by atoms with Crippen LogP contribution in [-0.4, -0.2) is 16.2 Å². The van der Waals surface area contributed by atoms with E-state index in [2.05, 4.69) is 22.5 Å². The third-order valence-electron chi connectivity index (χ3n) is 3.10. The van der Waals surface area contributed by atoms with Crippen LogP contribution in [0.15, 0.2) is 36.9 Å². The van der Waals surface area contributed by atoms with Gasteiger partial charge in [-0.15, -0.1) is 0 Å². The van der Waals surface area contributed by atoms with Crippen molar-refractivity contribution < 1.29 is 4.74 Å². The average Bonchev–Trinajstić information content (AvgIpc) is 2.89. The summed E-state index contributed by atoms with van der Waals surface area (Å²) < 4.78 is 7.85. The Hall–Kier alpha value is -1.81. The maximum Gasteiger partial charge on any atom is 0.122 e. The Labute approximate surface area is 114 Å². The van der Waals surface area contributed by atoms with E-state index in [0.717, 1.165) is 29.8 Å². The fraction of sp³-hybridized carbons (Fsp3) is 0.400. The van der Waals surface area contributed by atoms with Gasteiger partial charge in [-0.25, -0.2) is 4.98 Å². The maximum atomic E-state index is 5.86.